The van der Waals surface area contributed by atoms with Crippen LogP contribution >= 0.6 is 23.2 Å². The van der Waals surface area contributed by atoms with Crippen LogP contribution in [0.4, 0.5) is 0 Å². The highest BCUT2D eigenvalue weighted by Gasteiger charge is 2.31. The van der Waals surface area contributed by atoms with E-state index < -0.39 is 22.7 Å². The highest BCUT2D eigenvalue weighted by molar-refractivity contribution is 6.41. The summed E-state index contributed by atoms with van der Waals surface area (Å²) in [4.78, 5) is 21.5. The zero-order valence-corrected chi connectivity index (χ0v) is 8.06. The lowest BCUT2D eigenvalue weighted by Crippen LogP contribution is -2.33. The fourth-order valence-corrected chi connectivity index (χ4v) is 0.848. The van der Waals surface area contributed by atoms with Crippen LogP contribution in [0, 0.1) is 0 Å². The van der Waals surface area contributed by atoms with Crippen LogP contribution in [0.15, 0.2) is 0 Å². The van der Waals surface area contributed by atoms with Gasteiger partial charge < -0.3 is 9.47 Å². The summed E-state index contributed by atoms with van der Waals surface area (Å²) in [7, 11) is 2.30. The predicted molar refractivity (Wildman–Crippen MR) is 43.3 cm³/mol. The Morgan fingerprint density at radius 1 is 1.00 bits per heavy atom. The smallest absolute Gasteiger partial charge is 0.325 e. The minimum atomic E-state index is -1.22. The van der Waals surface area contributed by atoms with Gasteiger partial charge in [-0.1, -0.05) is 0 Å². The van der Waals surface area contributed by atoms with Gasteiger partial charge in [0.1, 0.15) is 0 Å². The lowest BCUT2D eigenvalue weighted by atomic mass is 10.3. The Labute approximate surface area is 79.7 Å². The molecule has 0 aliphatic rings. The zero-order valence-electron chi connectivity index (χ0n) is 6.54. The summed E-state index contributed by atoms with van der Waals surface area (Å²) >= 11 is 10.9. The van der Waals surface area contributed by atoms with E-state index in [1.54, 1.807) is 0 Å². The highest BCUT2D eigenvalue weighted by Crippen LogP contribution is 2.12. The monoisotopic (exact) mass is 214 g/mol. The van der Waals surface area contributed by atoms with Gasteiger partial charge in [0.15, 0.2) is 10.8 Å². The zero-order chi connectivity index (χ0) is 9.72. The first-order chi connectivity index (χ1) is 5.54. The fourth-order valence-electron chi connectivity index (χ4n) is 0.464. The summed E-state index contributed by atoms with van der Waals surface area (Å²) in [6, 6.07) is 0. The van der Waals surface area contributed by atoms with Crippen molar-refractivity contribution in [3.05, 3.63) is 0 Å². The maximum atomic E-state index is 10.7. The van der Waals surface area contributed by atoms with Crippen molar-refractivity contribution >= 4 is 35.1 Å². The Morgan fingerprint density at radius 3 is 1.42 bits per heavy atom. The molecular weight excluding hydrogens is 207 g/mol. The molecule has 0 aromatic heterocycles. The third-order valence-corrected chi connectivity index (χ3v) is 2.10. The number of hydrogen-bond donors (Lipinski definition) is 0. The van der Waals surface area contributed by atoms with E-state index in [1.165, 1.54) is 0 Å². The van der Waals surface area contributed by atoms with Crippen molar-refractivity contribution < 1.29 is 19.1 Å². The predicted octanol–water partition coefficient (Wildman–Crippen LogP) is 0.547. The molecule has 0 bridgehead atoms. The molecule has 0 rings (SSSR count). The van der Waals surface area contributed by atoms with E-state index in [2.05, 4.69) is 9.47 Å². The van der Waals surface area contributed by atoms with Crippen molar-refractivity contribution in [1.29, 1.82) is 0 Å². The topological polar surface area (TPSA) is 52.6 Å². The van der Waals surface area contributed by atoms with Crippen LogP contribution in [0.2, 0.25) is 0 Å². The van der Waals surface area contributed by atoms with Crippen LogP contribution in [-0.2, 0) is 19.1 Å². The van der Waals surface area contributed by atoms with Crippen molar-refractivity contribution in [3.63, 3.8) is 0 Å². The number of esters is 2. The molecule has 0 heterocycles. The van der Waals surface area contributed by atoms with Gasteiger partial charge in [-0.2, -0.15) is 0 Å². The molecule has 4 nitrogen and oxygen atoms in total. The molecule has 0 N–H and O–H groups in total. The van der Waals surface area contributed by atoms with E-state index in [1.807, 2.05) is 0 Å². The van der Waals surface area contributed by atoms with Crippen molar-refractivity contribution in [2.75, 3.05) is 14.2 Å². The van der Waals surface area contributed by atoms with Crippen molar-refractivity contribution in [2.45, 2.75) is 10.8 Å². The number of halogens is 2. The van der Waals surface area contributed by atoms with Crippen LogP contribution in [0.25, 0.3) is 0 Å². The molecule has 0 saturated carbocycles. The van der Waals surface area contributed by atoms with E-state index in [-0.39, 0.29) is 0 Å². The highest BCUT2D eigenvalue weighted by atomic mass is 35.5. The molecule has 0 amide bonds. The van der Waals surface area contributed by atoms with Gasteiger partial charge in [0, 0.05) is 0 Å². The van der Waals surface area contributed by atoms with E-state index in [0.29, 0.717) is 0 Å². The normalized spacial score (nSPS) is 14.7. The van der Waals surface area contributed by atoms with Gasteiger partial charge in [0.05, 0.1) is 14.2 Å². The van der Waals surface area contributed by atoms with Gasteiger partial charge in [-0.25, -0.2) is 0 Å². The molecule has 0 aliphatic heterocycles. The Morgan fingerprint density at radius 2 is 1.25 bits per heavy atom. The summed E-state index contributed by atoms with van der Waals surface area (Å²) < 4.78 is 8.53. The van der Waals surface area contributed by atoms with Gasteiger partial charge >= 0.3 is 11.9 Å². The average molecular weight is 215 g/mol. The average Bonchev–Trinajstić information content (AvgIpc) is 2.12. The number of hydrogen-bond acceptors (Lipinski definition) is 4. The number of ether oxygens (including phenoxy) is 2. The third kappa shape index (κ3) is 2.87. The SMILES string of the molecule is COC(=O)C(Cl)C(Cl)C(=O)OC. The standard InChI is InChI=1S/C6H8Cl2O4/c1-11-5(9)3(7)4(8)6(10)12-2/h3-4H,1-2H3. The molecule has 12 heavy (non-hydrogen) atoms. The third-order valence-electron chi connectivity index (χ3n) is 1.11. The largest absolute Gasteiger partial charge is 0.468 e. The van der Waals surface area contributed by atoms with Gasteiger partial charge in [-0.15, -0.1) is 23.2 Å². The first-order valence-corrected chi connectivity index (χ1v) is 3.85. The number of carbonyl (C=O) groups is 2. The summed E-state index contributed by atoms with van der Waals surface area (Å²) in [6.07, 6.45) is 0. The number of methoxy groups -OCH3 is 2. The number of carbonyl (C=O) groups excluding carboxylic acids is 2. The van der Waals surface area contributed by atoms with Gasteiger partial charge in [-0.05, 0) is 0 Å². The first-order valence-electron chi connectivity index (χ1n) is 2.98. The molecule has 0 aromatic rings. The Balaban J connectivity index is 4.18. The van der Waals surface area contributed by atoms with E-state index in [4.69, 9.17) is 23.2 Å². The minimum Gasteiger partial charge on any atom is -0.468 e. The summed E-state index contributed by atoms with van der Waals surface area (Å²) in [5.41, 5.74) is 0. The van der Waals surface area contributed by atoms with Crippen LogP contribution in [0.1, 0.15) is 0 Å². The summed E-state index contributed by atoms with van der Waals surface area (Å²) in [5, 5.41) is -2.44. The number of alkyl halides is 2. The fraction of sp³-hybridized carbons (Fsp3) is 0.667. The van der Waals surface area contributed by atoms with Crippen LogP contribution < -0.4 is 0 Å². The minimum absolute atomic E-state index is 0.762. The molecule has 70 valence electrons. The second-order valence-electron chi connectivity index (χ2n) is 1.85. The van der Waals surface area contributed by atoms with Crippen molar-refractivity contribution in [1.82, 2.24) is 0 Å². The van der Waals surface area contributed by atoms with E-state index in [9.17, 15) is 9.59 Å². The van der Waals surface area contributed by atoms with E-state index in [0.717, 1.165) is 14.2 Å². The molecule has 0 aliphatic carbocycles. The maximum absolute atomic E-state index is 10.7. The van der Waals surface area contributed by atoms with Crippen molar-refractivity contribution in [2.24, 2.45) is 0 Å². The van der Waals surface area contributed by atoms with Crippen LogP contribution in [0.5, 0.6) is 0 Å². The Kier molecular flexibility index (Phi) is 5.01. The molecule has 0 aromatic carbocycles. The van der Waals surface area contributed by atoms with Crippen LogP contribution in [0.3, 0.4) is 0 Å². The second-order valence-corrected chi connectivity index (χ2v) is 2.79. The Hall–Kier alpha value is -0.480. The first kappa shape index (κ1) is 11.5. The maximum Gasteiger partial charge on any atom is 0.325 e. The lowest BCUT2D eigenvalue weighted by Gasteiger charge is -2.10. The second kappa shape index (κ2) is 5.22. The van der Waals surface area contributed by atoms with Crippen LogP contribution in [-0.4, -0.2) is 36.9 Å². The van der Waals surface area contributed by atoms with Gasteiger partial charge in [0.25, 0.3) is 0 Å². The molecule has 2 unspecified atom stereocenters. The van der Waals surface area contributed by atoms with Gasteiger partial charge in [-0.3, -0.25) is 9.59 Å². The summed E-state index contributed by atoms with van der Waals surface area (Å²) in [5.74, 6) is -1.52. The van der Waals surface area contributed by atoms with E-state index >= 15 is 0 Å². The molecule has 2 atom stereocenters. The number of rotatable bonds is 3. The van der Waals surface area contributed by atoms with Crippen molar-refractivity contribution in [3.8, 4) is 0 Å². The van der Waals surface area contributed by atoms with Gasteiger partial charge in [0.2, 0.25) is 0 Å². The molecule has 0 radical (unpaired) electrons. The molecular formula is C6H8Cl2O4. The molecule has 6 heteroatoms. The molecule has 0 spiro atoms. The summed E-state index contributed by atoms with van der Waals surface area (Å²) in [6.45, 7) is 0. The molecule has 0 fully saturated rings. The molecule has 0 saturated heterocycles. The Bertz CT molecular complexity index is 162. The quantitative estimate of drug-likeness (QED) is 0.509. The lowest BCUT2D eigenvalue weighted by molar-refractivity contribution is -0.146.